The Balaban J connectivity index is 1.02. The summed E-state index contributed by atoms with van der Waals surface area (Å²) in [5, 5.41) is 2.31. The normalized spacial score (nSPS) is 15.6. The third-order valence-electron chi connectivity index (χ3n) is 9.13. The molecule has 4 aromatic rings. The zero-order chi connectivity index (χ0) is 34.7. The van der Waals surface area contributed by atoms with Gasteiger partial charge in [0.25, 0.3) is 0 Å². The molecule has 50 heavy (non-hydrogen) atoms. The Morgan fingerprint density at radius 3 is 1.90 bits per heavy atom. The molecular weight excluding hydrogens is 657 g/mol. The molecule has 0 saturated heterocycles. The average molecular weight is 703 g/mol. The summed E-state index contributed by atoms with van der Waals surface area (Å²) in [4.78, 5) is 40.9. The summed E-state index contributed by atoms with van der Waals surface area (Å²) < 4.78 is 0. The van der Waals surface area contributed by atoms with Crippen molar-refractivity contribution in [3.05, 3.63) is 135 Å². The van der Waals surface area contributed by atoms with Crippen molar-refractivity contribution in [2.75, 3.05) is 26.2 Å². The van der Waals surface area contributed by atoms with E-state index in [2.05, 4.69) is 50.3 Å². The lowest BCUT2D eigenvalue weighted by Crippen LogP contribution is -2.36. The molecule has 6 nitrogen and oxygen atoms in total. The standard InChI is InChI=1S/C42H46N4O2S2/c1-3-23-45(41(47)25-31-11-7-5-8-12-31)29-39-43-27-37(49-39)35-19-15-33(16-20-35)34-17-21-36(22-18-34)38-28-44-40(50-38)30-46(24-4-2)42(48)26-32-13-9-6-10-14-32/h5-17,19-21,28,37H,3-4,18,22-27,29-30H2,1-2H3. The second-order valence-electron chi connectivity index (χ2n) is 12.9. The van der Waals surface area contributed by atoms with Crippen LogP contribution < -0.4 is 0 Å². The quantitative estimate of drug-likeness (QED) is 0.124. The lowest BCUT2D eigenvalue weighted by atomic mass is 9.92. The van der Waals surface area contributed by atoms with Crippen LogP contribution in [0.25, 0.3) is 11.1 Å². The molecule has 1 atom stereocenters. The van der Waals surface area contributed by atoms with Crippen molar-refractivity contribution in [3.8, 4) is 0 Å². The summed E-state index contributed by atoms with van der Waals surface area (Å²) >= 11 is 3.50. The molecule has 1 aliphatic heterocycles. The molecule has 3 aromatic carbocycles. The fourth-order valence-electron chi connectivity index (χ4n) is 6.43. The predicted octanol–water partition coefficient (Wildman–Crippen LogP) is 9.05. The highest BCUT2D eigenvalue weighted by molar-refractivity contribution is 8.14. The average Bonchev–Trinajstić information content (AvgIpc) is 3.82. The van der Waals surface area contributed by atoms with E-state index in [1.165, 1.54) is 27.2 Å². The Morgan fingerprint density at radius 1 is 0.740 bits per heavy atom. The number of hydrogen-bond donors (Lipinski definition) is 0. The number of nitrogens with zero attached hydrogens (tertiary/aromatic N) is 4. The number of carbonyl (C=O) groups is 2. The zero-order valence-electron chi connectivity index (χ0n) is 29.1. The molecule has 0 bridgehead atoms. The van der Waals surface area contributed by atoms with Crippen molar-refractivity contribution < 1.29 is 9.59 Å². The first-order valence-corrected chi connectivity index (χ1v) is 19.5. The minimum atomic E-state index is 0.148. The van der Waals surface area contributed by atoms with Gasteiger partial charge in [-0.15, -0.1) is 11.3 Å². The Labute approximate surface area is 305 Å². The summed E-state index contributed by atoms with van der Waals surface area (Å²) in [5.41, 5.74) is 7.27. The molecular formula is C42H46N4O2S2. The van der Waals surface area contributed by atoms with Gasteiger partial charge in [0.05, 0.1) is 47.6 Å². The van der Waals surface area contributed by atoms with Gasteiger partial charge in [0, 0.05) is 19.3 Å². The topological polar surface area (TPSA) is 65.9 Å². The number of thioether (sulfide) groups is 1. The fraction of sp³-hybridized carbons (Fsp3) is 0.333. The largest absolute Gasteiger partial charge is 0.336 e. The number of aromatic nitrogens is 1. The van der Waals surface area contributed by atoms with Crippen LogP contribution in [0.3, 0.4) is 0 Å². The lowest BCUT2D eigenvalue weighted by Gasteiger charge is -2.22. The van der Waals surface area contributed by atoms with Crippen molar-refractivity contribution in [2.45, 2.75) is 64.2 Å². The molecule has 8 heteroatoms. The van der Waals surface area contributed by atoms with Crippen LogP contribution in [0.2, 0.25) is 0 Å². The number of carbonyl (C=O) groups excluding carboxylic acids is 2. The van der Waals surface area contributed by atoms with Crippen LogP contribution in [-0.2, 0) is 29.0 Å². The van der Waals surface area contributed by atoms with Crippen LogP contribution in [0.1, 0.15) is 76.9 Å². The number of amides is 2. The first-order chi connectivity index (χ1) is 24.5. The highest BCUT2D eigenvalue weighted by Crippen LogP contribution is 2.38. The monoisotopic (exact) mass is 702 g/mol. The van der Waals surface area contributed by atoms with Crippen LogP contribution in [0.4, 0.5) is 0 Å². The van der Waals surface area contributed by atoms with Crippen molar-refractivity contribution >= 4 is 51.1 Å². The molecule has 2 heterocycles. The van der Waals surface area contributed by atoms with E-state index in [1.807, 2.05) is 76.7 Å². The predicted molar refractivity (Wildman–Crippen MR) is 209 cm³/mol. The van der Waals surface area contributed by atoms with Crippen molar-refractivity contribution in [3.63, 3.8) is 0 Å². The second kappa shape index (κ2) is 17.6. The summed E-state index contributed by atoms with van der Waals surface area (Å²) in [6.45, 7) is 7.59. The smallest absolute Gasteiger partial charge is 0.227 e. The molecule has 0 N–H and O–H groups in total. The molecule has 0 saturated carbocycles. The first-order valence-electron chi connectivity index (χ1n) is 17.8. The molecule has 258 valence electrons. The highest BCUT2D eigenvalue weighted by atomic mass is 32.2. The van der Waals surface area contributed by atoms with Crippen LogP contribution in [0.5, 0.6) is 0 Å². The summed E-state index contributed by atoms with van der Waals surface area (Å²) in [5.74, 6) is 0.307. The number of hydrogen-bond acceptors (Lipinski definition) is 6. The maximum atomic E-state index is 13.1. The van der Waals surface area contributed by atoms with Gasteiger partial charge in [-0.1, -0.05) is 123 Å². The number of aliphatic imine (C=N–C) groups is 1. The highest BCUT2D eigenvalue weighted by Gasteiger charge is 2.25. The Bertz CT molecular complexity index is 1830. The zero-order valence-corrected chi connectivity index (χ0v) is 30.7. The number of rotatable bonds is 15. The SMILES string of the molecule is CCCN(CC1=NCC(c2ccc(C3=CC=C(c4cnc(CN(CCC)C(=O)Cc5ccccc5)s4)CC3)cc2)S1)C(=O)Cc1ccccc1. The molecule has 1 aromatic heterocycles. The molecule has 0 spiro atoms. The molecule has 2 amide bonds. The van der Waals surface area contributed by atoms with E-state index in [9.17, 15) is 9.59 Å². The van der Waals surface area contributed by atoms with Gasteiger partial charge >= 0.3 is 0 Å². The minimum Gasteiger partial charge on any atom is -0.336 e. The second-order valence-corrected chi connectivity index (χ2v) is 15.3. The fourth-order valence-corrected chi connectivity index (χ4v) is 8.56. The van der Waals surface area contributed by atoms with E-state index >= 15 is 0 Å². The summed E-state index contributed by atoms with van der Waals surface area (Å²) in [6, 6.07) is 28.9. The Hall–Kier alpha value is -4.27. The Kier molecular flexibility index (Phi) is 12.5. The van der Waals surface area contributed by atoms with E-state index in [-0.39, 0.29) is 17.1 Å². The van der Waals surface area contributed by atoms with E-state index in [4.69, 9.17) is 9.98 Å². The molecule has 2 aliphatic rings. The lowest BCUT2D eigenvalue weighted by molar-refractivity contribution is -0.131. The third kappa shape index (κ3) is 9.49. The van der Waals surface area contributed by atoms with Gasteiger partial charge < -0.3 is 9.80 Å². The first kappa shape index (κ1) is 35.6. The minimum absolute atomic E-state index is 0.148. The van der Waals surface area contributed by atoms with Gasteiger partial charge in [-0.25, -0.2) is 4.98 Å². The number of allylic oxidation sites excluding steroid dienone is 4. The van der Waals surface area contributed by atoms with E-state index < -0.39 is 0 Å². The van der Waals surface area contributed by atoms with Gasteiger partial charge in [0.2, 0.25) is 11.8 Å². The maximum absolute atomic E-state index is 13.1. The molecule has 0 radical (unpaired) electrons. The van der Waals surface area contributed by atoms with E-state index in [0.29, 0.717) is 25.9 Å². The van der Waals surface area contributed by atoms with Gasteiger partial charge in [0.1, 0.15) is 5.01 Å². The molecule has 6 rings (SSSR count). The molecule has 0 fully saturated rings. The van der Waals surface area contributed by atoms with Crippen molar-refractivity contribution in [1.29, 1.82) is 0 Å². The van der Waals surface area contributed by atoms with Crippen molar-refractivity contribution in [2.24, 2.45) is 4.99 Å². The number of thiazole rings is 1. The summed E-state index contributed by atoms with van der Waals surface area (Å²) in [7, 11) is 0. The molecule has 1 unspecified atom stereocenters. The van der Waals surface area contributed by atoms with E-state index in [0.717, 1.165) is 66.5 Å². The maximum Gasteiger partial charge on any atom is 0.227 e. The van der Waals surface area contributed by atoms with Crippen LogP contribution >= 0.6 is 23.1 Å². The van der Waals surface area contributed by atoms with Crippen LogP contribution in [0.15, 0.2) is 108 Å². The number of benzene rings is 3. The van der Waals surface area contributed by atoms with Gasteiger partial charge in [0.15, 0.2) is 0 Å². The third-order valence-corrected chi connectivity index (χ3v) is 11.4. The van der Waals surface area contributed by atoms with Gasteiger partial charge in [-0.2, -0.15) is 0 Å². The van der Waals surface area contributed by atoms with Crippen LogP contribution in [-0.4, -0.2) is 57.8 Å². The summed E-state index contributed by atoms with van der Waals surface area (Å²) in [6.07, 6.45) is 11.1. The van der Waals surface area contributed by atoms with E-state index in [1.54, 1.807) is 23.1 Å². The van der Waals surface area contributed by atoms with Crippen LogP contribution in [0, 0.1) is 0 Å². The molecule has 1 aliphatic carbocycles. The van der Waals surface area contributed by atoms with Gasteiger partial charge in [-0.05, 0) is 59.1 Å². The Morgan fingerprint density at radius 2 is 1.32 bits per heavy atom. The van der Waals surface area contributed by atoms with Crippen molar-refractivity contribution in [1.82, 2.24) is 14.8 Å². The van der Waals surface area contributed by atoms with Gasteiger partial charge in [-0.3, -0.25) is 14.6 Å².